The molecule has 5 heteroatoms. The second-order valence-electron chi connectivity index (χ2n) is 5.77. The van der Waals surface area contributed by atoms with Crippen LogP contribution in [0.2, 0.25) is 0 Å². The number of likely N-dealkylation sites (tertiary alicyclic amines) is 1. The van der Waals surface area contributed by atoms with Crippen LogP contribution >= 0.6 is 0 Å². The van der Waals surface area contributed by atoms with Gasteiger partial charge in [0.1, 0.15) is 0 Å². The Morgan fingerprint density at radius 3 is 3.00 bits per heavy atom. The zero-order chi connectivity index (χ0) is 14.8. The summed E-state index contributed by atoms with van der Waals surface area (Å²) in [5.41, 5.74) is 0.673. The van der Waals surface area contributed by atoms with Crippen molar-refractivity contribution in [3.05, 3.63) is 23.8 Å². The summed E-state index contributed by atoms with van der Waals surface area (Å²) in [6, 6.07) is 5.37. The molecule has 2 aliphatic heterocycles. The number of carbonyl (C=O) groups is 1. The molecule has 0 aromatic heterocycles. The standard InChI is InChI=1S/C16H21NO4/c1-11-5-6-17(9-16(11)19-2)8-13(18)12-3-4-14-15(7-12)21-10-20-14/h3-4,7,11,16H,5-6,8-10H2,1-2H3. The molecule has 2 unspecified atom stereocenters. The lowest BCUT2D eigenvalue weighted by Crippen LogP contribution is -2.45. The summed E-state index contributed by atoms with van der Waals surface area (Å²) >= 11 is 0. The fourth-order valence-corrected chi connectivity index (χ4v) is 2.91. The summed E-state index contributed by atoms with van der Waals surface area (Å²) in [6.07, 6.45) is 1.27. The van der Waals surface area contributed by atoms with Gasteiger partial charge >= 0.3 is 0 Å². The number of piperidine rings is 1. The van der Waals surface area contributed by atoms with Gasteiger partial charge in [0.25, 0.3) is 0 Å². The van der Waals surface area contributed by atoms with Gasteiger partial charge in [-0.2, -0.15) is 0 Å². The van der Waals surface area contributed by atoms with Crippen LogP contribution in [0.15, 0.2) is 18.2 Å². The zero-order valence-electron chi connectivity index (χ0n) is 12.5. The summed E-state index contributed by atoms with van der Waals surface area (Å²) in [6.45, 7) is 4.61. The van der Waals surface area contributed by atoms with Crippen molar-refractivity contribution in [3.8, 4) is 11.5 Å². The van der Waals surface area contributed by atoms with Crippen LogP contribution in [0.3, 0.4) is 0 Å². The highest BCUT2D eigenvalue weighted by Crippen LogP contribution is 2.32. The zero-order valence-corrected chi connectivity index (χ0v) is 12.5. The molecule has 0 radical (unpaired) electrons. The molecular formula is C16H21NO4. The van der Waals surface area contributed by atoms with Gasteiger partial charge in [0, 0.05) is 19.2 Å². The number of carbonyl (C=O) groups excluding carboxylic acids is 1. The molecule has 21 heavy (non-hydrogen) atoms. The van der Waals surface area contributed by atoms with E-state index < -0.39 is 0 Å². The molecule has 0 N–H and O–H groups in total. The number of rotatable bonds is 4. The molecule has 0 aliphatic carbocycles. The number of nitrogens with zero attached hydrogens (tertiary/aromatic N) is 1. The molecule has 0 amide bonds. The number of ether oxygens (including phenoxy) is 3. The molecule has 5 nitrogen and oxygen atoms in total. The molecule has 2 heterocycles. The van der Waals surface area contributed by atoms with E-state index in [9.17, 15) is 4.79 Å². The van der Waals surface area contributed by atoms with Crippen LogP contribution in [0.25, 0.3) is 0 Å². The molecule has 114 valence electrons. The molecule has 1 aromatic carbocycles. The normalized spacial score (nSPS) is 25.0. The first-order chi connectivity index (χ1) is 10.2. The molecule has 0 spiro atoms. The van der Waals surface area contributed by atoms with E-state index in [0.717, 1.165) is 19.5 Å². The Hall–Kier alpha value is -1.59. The van der Waals surface area contributed by atoms with E-state index in [4.69, 9.17) is 14.2 Å². The van der Waals surface area contributed by atoms with Gasteiger partial charge in [0.15, 0.2) is 17.3 Å². The summed E-state index contributed by atoms with van der Waals surface area (Å²) < 4.78 is 16.1. The van der Waals surface area contributed by atoms with Crippen molar-refractivity contribution in [1.82, 2.24) is 4.90 Å². The SMILES string of the molecule is COC1CN(CC(=O)c2ccc3c(c2)OCO3)CCC1C. The second-order valence-corrected chi connectivity index (χ2v) is 5.77. The van der Waals surface area contributed by atoms with Crippen molar-refractivity contribution in [3.63, 3.8) is 0 Å². The monoisotopic (exact) mass is 291 g/mol. The number of benzene rings is 1. The van der Waals surface area contributed by atoms with Crippen molar-refractivity contribution in [2.45, 2.75) is 19.4 Å². The minimum atomic E-state index is 0.109. The fourth-order valence-electron chi connectivity index (χ4n) is 2.91. The van der Waals surface area contributed by atoms with Gasteiger partial charge in [-0.1, -0.05) is 6.92 Å². The van der Waals surface area contributed by atoms with Crippen molar-refractivity contribution in [2.24, 2.45) is 5.92 Å². The molecule has 0 bridgehead atoms. The molecule has 3 rings (SSSR count). The minimum absolute atomic E-state index is 0.109. The maximum Gasteiger partial charge on any atom is 0.231 e. The van der Waals surface area contributed by atoms with Crippen LogP contribution in [0.4, 0.5) is 0 Å². The van der Waals surface area contributed by atoms with Crippen LogP contribution < -0.4 is 9.47 Å². The Labute approximate surface area is 124 Å². The second kappa shape index (κ2) is 6.03. The lowest BCUT2D eigenvalue weighted by Gasteiger charge is -2.35. The highest BCUT2D eigenvalue weighted by molar-refractivity contribution is 5.98. The first-order valence-electron chi connectivity index (χ1n) is 7.35. The topological polar surface area (TPSA) is 48.0 Å². The van der Waals surface area contributed by atoms with Gasteiger partial charge in [-0.25, -0.2) is 0 Å². The predicted molar refractivity (Wildman–Crippen MR) is 77.9 cm³/mol. The van der Waals surface area contributed by atoms with Gasteiger partial charge in [0.2, 0.25) is 6.79 Å². The van der Waals surface area contributed by atoms with Gasteiger partial charge in [-0.15, -0.1) is 0 Å². The molecular weight excluding hydrogens is 270 g/mol. The molecule has 1 aromatic rings. The van der Waals surface area contributed by atoms with E-state index in [2.05, 4.69) is 11.8 Å². The predicted octanol–water partition coefficient (Wildman–Crippen LogP) is 1.95. The van der Waals surface area contributed by atoms with Crippen LogP contribution in [0.5, 0.6) is 11.5 Å². The van der Waals surface area contributed by atoms with Crippen molar-refractivity contribution >= 4 is 5.78 Å². The average molecular weight is 291 g/mol. The van der Waals surface area contributed by atoms with E-state index in [1.165, 1.54) is 0 Å². The van der Waals surface area contributed by atoms with E-state index in [1.807, 2.05) is 0 Å². The smallest absolute Gasteiger partial charge is 0.231 e. The number of hydrogen-bond acceptors (Lipinski definition) is 5. The third-order valence-electron chi connectivity index (χ3n) is 4.34. The van der Waals surface area contributed by atoms with Crippen LogP contribution in [-0.4, -0.2) is 50.3 Å². The van der Waals surface area contributed by atoms with Crippen LogP contribution in [0, 0.1) is 5.92 Å². The summed E-state index contributed by atoms with van der Waals surface area (Å²) in [4.78, 5) is 14.6. The summed E-state index contributed by atoms with van der Waals surface area (Å²) in [5, 5.41) is 0. The Kier molecular flexibility index (Phi) is 4.12. The van der Waals surface area contributed by atoms with Crippen LogP contribution in [-0.2, 0) is 4.74 Å². The van der Waals surface area contributed by atoms with E-state index >= 15 is 0 Å². The van der Waals surface area contributed by atoms with Gasteiger partial charge in [-0.05, 0) is 37.1 Å². The Morgan fingerprint density at radius 2 is 2.19 bits per heavy atom. The largest absolute Gasteiger partial charge is 0.454 e. The Balaban J connectivity index is 1.64. The highest BCUT2D eigenvalue weighted by Gasteiger charge is 2.27. The van der Waals surface area contributed by atoms with E-state index in [-0.39, 0.29) is 18.7 Å². The van der Waals surface area contributed by atoms with E-state index in [1.54, 1.807) is 25.3 Å². The van der Waals surface area contributed by atoms with E-state index in [0.29, 0.717) is 29.5 Å². The molecule has 2 aliphatic rings. The number of Topliss-reactive ketones (excluding diaryl/α,β-unsaturated/α-hetero) is 1. The average Bonchev–Trinajstić information content (AvgIpc) is 2.96. The van der Waals surface area contributed by atoms with Crippen molar-refractivity contribution in [1.29, 1.82) is 0 Å². The number of methoxy groups -OCH3 is 1. The Morgan fingerprint density at radius 1 is 1.38 bits per heavy atom. The van der Waals surface area contributed by atoms with Crippen LogP contribution in [0.1, 0.15) is 23.7 Å². The molecule has 2 atom stereocenters. The summed E-state index contributed by atoms with van der Waals surface area (Å²) in [7, 11) is 1.74. The van der Waals surface area contributed by atoms with Crippen molar-refractivity contribution in [2.75, 3.05) is 33.5 Å². The quantitative estimate of drug-likeness (QED) is 0.794. The van der Waals surface area contributed by atoms with Gasteiger partial charge in [0.05, 0.1) is 12.6 Å². The minimum Gasteiger partial charge on any atom is -0.454 e. The number of hydrogen-bond donors (Lipinski definition) is 0. The maximum absolute atomic E-state index is 12.4. The summed E-state index contributed by atoms with van der Waals surface area (Å²) in [5.74, 6) is 2.02. The number of ketones is 1. The third-order valence-corrected chi connectivity index (χ3v) is 4.34. The van der Waals surface area contributed by atoms with Gasteiger partial charge in [-0.3, -0.25) is 9.69 Å². The van der Waals surface area contributed by atoms with Crippen molar-refractivity contribution < 1.29 is 19.0 Å². The Bertz CT molecular complexity index is 531. The molecule has 0 saturated carbocycles. The first kappa shape index (κ1) is 14.4. The fraction of sp³-hybridized carbons (Fsp3) is 0.562. The molecule has 1 saturated heterocycles. The number of fused-ring (bicyclic) bond motifs is 1. The van der Waals surface area contributed by atoms with Gasteiger partial charge < -0.3 is 14.2 Å². The lowest BCUT2D eigenvalue weighted by atomic mass is 9.95. The lowest BCUT2D eigenvalue weighted by molar-refractivity contribution is -0.00324. The molecule has 1 fully saturated rings. The first-order valence-corrected chi connectivity index (χ1v) is 7.35. The third kappa shape index (κ3) is 3.04. The maximum atomic E-state index is 12.4. The highest BCUT2D eigenvalue weighted by atomic mass is 16.7.